The van der Waals surface area contributed by atoms with Crippen molar-refractivity contribution in [2.75, 3.05) is 0 Å². The Kier molecular flexibility index (Phi) is 2.42. The summed E-state index contributed by atoms with van der Waals surface area (Å²) in [5, 5.41) is 9.54. The van der Waals surface area contributed by atoms with E-state index in [4.69, 9.17) is 0 Å². The summed E-state index contributed by atoms with van der Waals surface area (Å²) in [4.78, 5) is 0. The third-order valence-corrected chi connectivity index (χ3v) is 2.39. The molecule has 1 N–H and O–H groups in total. The highest BCUT2D eigenvalue weighted by atomic mass is 19.1. The zero-order chi connectivity index (χ0) is 10.8. The highest BCUT2D eigenvalue weighted by Gasteiger charge is 2.01. The van der Waals surface area contributed by atoms with Crippen LogP contribution in [-0.4, -0.2) is 5.11 Å². The Balaban J connectivity index is 2.45. The van der Waals surface area contributed by atoms with Gasteiger partial charge in [-0.1, -0.05) is 24.3 Å². The smallest absolute Gasteiger partial charge is 0.123 e. The molecule has 0 bridgehead atoms. The molecule has 0 aliphatic rings. The van der Waals surface area contributed by atoms with Crippen LogP contribution in [0.5, 0.6) is 5.75 Å². The second-order valence-electron chi connectivity index (χ2n) is 3.51. The average molecular weight is 202 g/mol. The topological polar surface area (TPSA) is 20.2 Å². The lowest BCUT2D eigenvalue weighted by molar-refractivity contribution is 0.471. The molecule has 0 saturated carbocycles. The van der Waals surface area contributed by atoms with Gasteiger partial charge in [-0.3, -0.25) is 0 Å². The van der Waals surface area contributed by atoms with E-state index < -0.39 is 0 Å². The van der Waals surface area contributed by atoms with E-state index in [-0.39, 0.29) is 11.6 Å². The predicted molar refractivity (Wildman–Crippen MR) is 58.2 cm³/mol. The maximum atomic E-state index is 12.7. The molecular weight excluding hydrogens is 191 g/mol. The van der Waals surface area contributed by atoms with Gasteiger partial charge in [0.15, 0.2) is 0 Å². The van der Waals surface area contributed by atoms with Gasteiger partial charge in [0.25, 0.3) is 0 Å². The molecule has 0 unspecified atom stereocenters. The molecule has 0 saturated heterocycles. The van der Waals surface area contributed by atoms with Gasteiger partial charge in [0.1, 0.15) is 11.6 Å². The summed E-state index contributed by atoms with van der Waals surface area (Å²) in [7, 11) is 0. The van der Waals surface area contributed by atoms with E-state index in [2.05, 4.69) is 0 Å². The van der Waals surface area contributed by atoms with E-state index >= 15 is 0 Å². The normalized spacial score (nSPS) is 10.3. The van der Waals surface area contributed by atoms with Crippen molar-refractivity contribution in [3.8, 4) is 16.9 Å². The van der Waals surface area contributed by atoms with Crippen molar-refractivity contribution in [1.82, 2.24) is 0 Å². The summed E-state index contributed by atoms with van der Waals surface area (Å²) in [6, 6.07) is 11.6. The summed E-state index contributed by atoms with van der Waals surface area (Å²) in [5.41, 5.74) is 2.62. The lowest BCUT2D eigenvalue weighted by Crippen LogP contribution is -1.80. The molecule has 2 aromatic carbocycles. The number of hydrogen-bond acceptors (Lipinski definition) is 1. The molecule has 2 heteroatoms. The van der Waals surface area contributed by atoms with Crippen molar-refractivity contribution in [3.05, 3.63) is 53.8 Å². The van der Waals surface area contributed by atoms with Gasteiger partial charge in [0.2, 0.25) is 0 Å². The van der Waals surface area contributed by atoms with Gasteiger partial charge in [-0.2, -0.15) is 0 Å². The van der Waals surface area contributed by atoms with E-state index in [1.165, 1.54) is 12.1 Å². The summed E-state index contributed by atoms with van der Waals surface area (Å²) in [5.74, 6) is 0.00640. The van der Waals surface area contributed by atoms with E-state index in [0.717, 1.165) is 16.7 Å². The molecule has 0 amide bonds. The van der Waals surface area contributed by atoms with Crippen LogP contribution in [0, 0.1) is 12.7 Å². The molecule has 76 valence electrons. The van der Waals surface area contributed by atoms with Gasteiger partial charge in [-0.05, 0) is 41.8 Å². The van der Waals surface area contributed by atoms with Gasteiger partial charge in [0, 0.05) is 0 Å². The maximum absolute atomic E-state index is 12.7. The third-order valence-electron chi connectivity index (χ3n) is 2.39. The molecule has 2 aromatic rings. The molecule has 2 rings (SSSR count). The molecule has 0 atom stereocenters. The Hall–Kier alpha value is -1.83. The highest BCUT2D eigenvalue weighted by molar-refractivity contribution is 5.65. The summed E-state index contributed by atoms with van der Waals surface area (Å²) < 4.78 is 12.7. The zero-order valence-corrected chi connectivity index (χ0v) is 8.37. The van der Waals surface area contributed by atoms with Crippen molar-refractivity contribution in [2.45, 2.75) is 6.92 Å². The first-order valence-electron chi connectivity index (χ1n) is 4.72. The van der Waals surface area contributed by atoms with Gasteiger partial charge in [0.05, 0.1) is 0 Å². The fourth-order valence-electron chi connectivity index (χ4n) is 1.43. The van der Waals surface area contributed by atoms with Gasteiger partial charge in [-0.25, -0.2) is 4.39 Å². The molecule has 0 aliphatic heterocycles. The fourth-order valence-corrected chi connectivity index (χ4v) is 1.43. The Morgan fingerprint density at radius 1 is 0.933 bits per heavy atom. The van der Waals surface area contributed by atoms with E-state index in [1.54, 1.807) is 18.2 Å². The van der Waals surface area contributed by atoms with E-state index in [0.29, 0.717) is 0 Å². The zero-order valence-electron chi connectivity index (χ0n) is 8.37. The predicted octanol–water partition coefficient (Wildman–Crippen LogP) is 3.51. The van der Waals surface area contributed by atoms with Crippen LogP contribution in [0.25, 0.3) is 11.1 Å². The number of halogens is 1. The van der Waals surface area contributed by atoms with Crippen LogP contribution in [-0.2, 0) is 0 Å². The van der Waals surface area contributed by atoms with Crippen LogP contribution < -0.4 is 0 Å². The van der Waals surface area contributed by atoms with Crippen LogP contribution in [0.15, 0.2) is 42.5 Å². The highest BCUT2D eigenvalue weighted by Crippen LogP contribution is 2.25. The molecule has 0 aromatic heterocycles. The second kappa shape index (κ2) is 3.73. The molecule has 0 radical (unpaired) electrons. The summed E-state index contributed by atoms with van der Waals surface area (Å²) in [6.07, 6.45) is 0. The number of aromatic hydroxyl groups is 1. The Morgan fingerprint density at radius 3 is 2.13 bits per heavy atom. The lowest BCUT2D eigenvalue weighted by atomic mass is 10.0. The van der Waals surface area contributed by atoms with Crippen molar-refractivity contribution in [2.24, 2.45) is 0 Å². The minimum absolute atomic E-state index is 0.255. The third kappa shape index (κ3) is 1.99. The first-order valence-corrected chi connectivity index (χ1v) is 4.72. The van der Waals surface area contributed by atoms with Gasteiger partial charge in [-0.15, -0.1) is 0 Å². The molecule has 1 nitrogen and oxygen atoms in total. The minimum atomic E-state index is -0.255. The van der Waals surface area contributed by atoms with Crippen molar-refractivity contribution >= 4 is 0 Å². The maximum Gasteiger partial charge on any atom is 0.123 e. The molecule has 0 spiro atoms. The monoisotopic (exact) mass is 202 g/mol. The van der Waals surface area contributed by atoms with Gasteiger partial charge >= 0.3 is 0 Å². The van der Waals surface area contributed by atoms with Crippen molar-refractivity contribution in [1.29, 1.82) is 0 Å². The van der Waals surface area contributed by atoms with Gasteiger partial charge < -0.3 is 5.11 Å². The lowest BCUT2D eigenvalue weighted by Gasteiger charge is -2.04. The second-order valence-corrected chi connectivity index (χ2v) is 3.51. The summed E-state index contributed by atoms with van der Waals surface area (Å²) >= 11 is 0. The molecule has 0 aliphatic carbocycles. The van der Waals surface area contributed by atoms with E-state index in [1.807, 2.05) is 19.1 Å². The average Bonchev–Trinajstić information content (AvgIpc) is 2.23. The van der Waals surface area contributed by atoms with E-state index in [9.17, 15) is 9.50 Å². The standard InChI is InChI=1S/C13H11FO/c1-9-2-3-11(8-13(9)15)10-4-6-12(14)7-5-10/h2-8,15H,1H3. The Labute approximate surface area is 87.8 Å². The number of phenolic OH excluding ortho intramolecular Hbond substituents is 1. The van der Waals surface area contributed by atoms with Crippen LogP contribution >= 0.6 is 0 Å². The molecule has 0 heterocycles. The Morgan fingerprint density at radius 2 is 1.53 bits per heavy atom. The Bertz CT molecular complexity index is 474. The molecule has 15 heavy (non-hydrogen) atoms. The number of aryl methyl sites for hydroxylation is 1. The number of benzene rings is 2. The number of rotatable bonds is 1. The quantitative estimate of drug-likeness (QED) is 0.750. The van der Waals surface area contributed by atoms with Crippen molar-refractivity contribution < 1.29 is 9.50 Å². The minimum Gasteiger partial charge on any atom is -0.508 e. The fraction of sp³-hybridized carbons (Fsp3) is 0.0769. The van der Waals surface area contributed by atoms with Crippen LogP contribution in [0.3, 0.4) is 0 Å². The largest absolute Gasteiger partial charge is 0.508 e. The summed E-state index contributed by atoms with van der Waals surface area (Å²) in [6.45, 7) is 1.84. The SMILES string of the molecule is Cc1ccc(-c2ccc(F)cc2)cc1O. The molecular formula is C13H11FO. The first kappa shape index (κ1) is 9.71. The first-order chi connectivity index (χ1) is 7.16. The van der Waals surface area contributed by atoms with Crippen LogP contribution in [0.1, 0.15) is 5.56 Å². The van der Waals surface area contributed by atoms with Crippen LogP contribution in [0.4, 0.5) is 4.39 Å². The number of hydrogen-bond donors (Lipinski definition) is 1. The number of phenols is 1. The van der Waals surface area contributed by atoms with Crippen LogP contribution in [0.2, 0.25) is 0 Å². The van der Waals surface area contributed by atoms with Crippen molar-refractivity contribution in [3.63, 3.8) is 0 Å². The molecule has 0 fully saturated rings.